The molecule has 2 aromatic rings. The van der Waals surface area contributed by atoms with Crippen LogP contribution in [-0.2, 0) is 0 Å². The molecule has 78 valence electrons. The maximum atomic E-state index is 10.4. The lowest BCUT2D eigenvalue weighted by Crippen LogP contribution is -1.96. The second-order valence-electron chi connectivity index (χ2n) is 2.88. The molecule has 0 amide bonds. The molecule has 7 heteroatoms. The normalized spacial score (nSPS) is 9.69. The summed E-state index contributed by atoms with van der Waals surface area (Å²) < 4.78 is 1.26. The predicted octanol–water partition coefficient (Wildman–Crippen LogP) is 1.73. The van der Waals surface area contributed by atoms with Crippen molar-refractivity contribution >= 4 is 11.6 Å². The van der Waals surface area contributed by atoms with Gasteiger partial charge in [-0.25, -0.2) is 4.85 Å². The molecule has 0 N–H and O–H groups in total. The number of aromatic nitrogens is 3. The first-order chi connectivity index (χ1) is 7.70. The van der Waals surface area contributed by atoms with Crippen LogP contribution in [0.1, 0.15) is 0 Å². The van der Waals surface area contributed by atoms with Crippen molar-refractivity contribution in [1.82, 2.24) is 14.8 Å². The molecule has 1 aromatic heterocycles. The van der Waals surface area contributed by atoms with Gasteiger partial charge in [-0.15, -0.1) is 4.68 Å². The first kappa shape index (κ1) is 9.79. The van der Waals surface area contributed by atoms with E-state index in [0.29, 0.717) is 11.4 Å². The van der Waals surface area contributed by atoms with Crippen LogP contribution in [0.15, 0.2) is 30.6 Å². The molecule has 16 heavy (non-hydrogen) atoms. The Morgan fingerprint density at radius 3 is 2.94 bits per heavy atom. The molecule has 2 rings (SSSR count). The summed E-state index contributed by atoms with van der Waals surface area (Å²) in [6.07, 6.45) is 1.24. The average Bonchev–Trinajstić information content (AvgIpc) is 2.78. The van der Waals surface area contributed by atoms with Crippen LogP contribution in [0, 0.1) is 16.7 Å². The summed E-state index contributed by atoms with van der Waals surface area (Å²) in [5, 5.41) is 14.0. The van der Waals surface area contributed by atoms with E-state index in [1.807, 2.05) is 0 Å². The van der Waals surface area contributed by atoms with Gasteiger partial charge < -0.3 is 10.1 Å². The highest BCUT2D eigenvalue weighted by Crippen LogP contribution is 2.17. The fourth-order valence-electron chi connectivity index (χ4n) is 1.17. The molecule has 0 atom stereocenters. The Morgan fingerprint density at radius 2 is 2.31 bits per heavy atom. The summed E-state index contributed by atoms with van der Waals surface area (Å²) in [6, 6.07) is 6.58. The second-order valence-corrected chi connectivity index (χ2v) is 2.88. The van der Waals surface area contributed by atoms with Gasteiger partial charge in [0.05, 0.1) is 12.3 Å². The largest absolute Gasteiger partial charge is 0.491 e. The van der Waals surface area contributed by atoms with E-state index in [-0.39, 0.29) is 0 Å². The van der Waals surface area contributed by atoms with Gasteiger partial charge in [0.25, 0.3) is 0 Å². The molecule has 0 spiro atoms. The quantitative estimate of drug-likeness (QED) is 0.434. The molecule has 0 bridgehead atoms. The van der Waals surface area contributed by atoms with Crippen LogP contribution in [0.25, 0.3) is 10.5 Å². The fourth-order valence-corrected chi connectivity index (χ4v) is 1.17. The average molecular weight is 215 g/mol. The maximum absolute atomic E-state index is 10.4. The van der Waals surface area contributed by atoms with Gasteiger partial charge >= 0.3 is 5.95 Å². The third-order valence-corrected chi connectivity index (χ3v) is 1.87. The molecule has 1 aromatic carbocycles. The van der Waals surface area contributed by atoms with E-state index in [9.17, 15) is 10.1 Å². The summed E-state index contributed by atoms with van der Waals surface area (Å²) in [6.45, 7) is 6.85. The van der Waals surface area contributed by atoms with E-state index >= 15 is 0 Å². The molecule has 0 radical (unpaired) electrons. The number of hydrogen-bond acceptors (Lipinski definition) is 4. The molecule has 0 saturated heterocycles. The van der Waals surface area contributed by atoms with Crippen molar-refractivity contribution in [3.63, 3.8) is 0 Å². The molecule has 0 aliphatic carbocycles. The van der Waals surface area contributed by atoms with E-state index in [4.69, 9.17) is 6.57 Å². The van der Waals surface area contributed by atoms with Crippen LogP contribution < -0.4 is 0 Å². The molecule has 0 aliphatic heterocycles. The Balaban J connectivity index is 2.43. The lowest BCUT2D eigenvalue weighted by Gasteiger charge is -1.95. The molecular weight excluding hydrogens is 210 g/mol. The predicted molar refractivity (Wildman–Crippen MR) is 54.3 cm³/mol. The molecule has 0 aliphatic rings. The van der Waals surface area contributed by atoms with Crippen molar-refractivity contribution in [1.29, 1.82) is 0 Å². The Bertz CT molecular complexity index is 584. The molecule has 0 unspecified atom stereocenters. The Morgan fingerprint density at radius 1 is 1.50 bits per heavy atom. The zero-order valence-corrected chi connectivity index (χ0v) is 7.94. The van der Waals surface area contributed by atoms with Crippen molar-refractivity contribution in [3.8, 4) is 5.69 Å². The van der Waals surface area contributed by atoms with Crippen molar-refractivity contribution < 1.29 is 4.92 Å². The van der Waals surface area contributed by atoms with Gasteiger partial charge in [-0.3, -0.25) is 0 Å². The van der Waals surface area contributed by atoms with Crippen LogP contribution in [0.2, 0.25) is 0 Å². The SMILES string of the molecule is [C-]#[N+]c1cccc(-n2cnc([N+](=O)[O-])n2)c1. The van der Waals surface area contributed by atoms with Crippen molar-refractivity contribution in [3.05, 3.63) is 52.1 Å². The summed E-state index contributed by atoms with van der Waals surface area (Å²) in [4.78, 5) is 16.5. The summed E-state index contributed by atoms with van der Waals surface area (Å²) >= 11 is 0. The first-order valence-corrected chi connectivity index (χ1v) is 4.24. The van der Waals surface area contributed by atoms with Crippen LogP contribution in [0.5, 0.6) is 0 Å². The minimum Gasteiger partial charge on any atom is -0.390 e. The minimum atomic E-state index is -0.671. The number of benzene rings is 1. The van der Waals surface area contributed by atoms with Gasteiger partial charge in [-0.05, 0) is 17.1 Å². The summed E-state index contributed by atoms with van der Waals surface area (Å²) in [5.74, 6) is -0.465. The highest BCUT2D eigenvalue weighted by molar-refractivity contribution is 5.51. The van der Waals surface area contributed by atoms with Gasteiger partial charge in [0.2, 0.25) is 6.33 Å². The number of rotatable bonds is 2. The third kappa shape index (κ3) is 1.72. The highest BCUT2D eigenvalue weighted by Gasteiger charge is 2.13. The fraction of sp³-hybridized carbons (Fsp3) is 0. The smallest absolute Gasteiger partial charge is 0.390 e. The highest BCUT2D eigenvalue weighted by atomic mass is 16.6. The van der Waals surface area contributed by atoms with Gasteiger partial charge in [0.1, 0.15) is 0 Å². The molecule has 0 fully saturated rings. The Labute approximate surface area is 89.9 Å². The van der Waals surface area contributed by atoms with Gasteiger partial charge in [0, 0.05) is 5.10 Å². The van der Waals surface area contributed by atoms with E-state index < -0.39 is 10.9 Å². The number of nitrogens with zero attached hydrogens (tertiary/aromatic N) is 5. The topological polar surface area (TPSA) is 78.2 Å². The summed E-state index contributed by atoms with van der Waals surface area (Å²) in [7, 11) is 0. The Kier molecular flexibility index (Phi) is 2.31. The van der Waals surface area contributed by atoms with Crippen LogP contribution in [-0.4, -0.2) is 19.7 Å². The van der Waals surface area contributed by atoms with Crippen LogP contribution >= 0.6 is 0 Å². The monoisotopic (exact) mass is 215 g/mol. The number of nitro groups is 1. The van der Waals surface area contributed by atoms with E-state index in [0.717, 1.165) is 0 Å². The second kappa shape index (κ2) is 3.78. The lowest BCUT2D eigenvalue weighted by molar-refractivity contribution is -0.394. The van der Waals surface area contributed by atoms with Crippen molar-refractivity contribution in [2.45, 2.75) is 0 Å². The zero-order valence-electron chi connectivity index (χ0n) is 7.94. The van der Waals surface area contributed by atoms with Gasteiger partial charge in [-0.2, -0.15) is 0 Å². The molecule has 1 heterocycles. The van der Waals surface area contributed by atoms with Gasteiger partial charge in [0.15, 0.2) is 5.69 Å². The van der Waals surface area contributed by atoms with Crippen LogP contribution in [0.4, 0.5) is 11.6 Å². The summed E-state index contributed by atoms with van der Waals surface area (Å²) in [5.41, 5.74) is 1.00. The zero-order chi connectivity index (χ0) is 11.5. The number of hydrogen-bond donors (Lipinski definition) is 0. The third-order valence-electron chi connectivity index (χ3n) is 1.87. The van der Waals surface area contributed by atoms with Crippen molar-refractivity contribution in [2.24, 2.45) is 0 Å². The maximum Gasteiger partial charge on any atom is 0.491 e. The molecule has 0 saturated carbocycles. The van der Waals surface area contributed by atoms with Gasteiger partial charge in [-0.1, -0.05) is 17.1 Å². The molecule has 7 nitrogen and oxygen atoms in total. The van der Waals surface area contributed by atoms with E-state index in [1.165, 1.54) is 11.0 Å². The Hall–Kier alpha value is -2.75. The first-order valence-electron chi connectivity index (χ1n) is 4.24. The molecular formula is C9H5N5O2. The van der Waals surface area contributed by atoms with Crippen LogP contribution in [0.3, 0.4) is 0 Å². The van der Waals surface area contributed by atoms with E-state index in [2.05, 4.69) is 14.9 Å². The lowest BCUT2D eigenvalue weighted by atomic mass is 10.3. The minimum absolute atomic E-state index is 0.440. The van der Waals surface area contributed by atoms with Crippen molar-refractivity contribution in [2.75, 3.05) is 0 Å². The van der Waals surface area contributed by atoms with E-state index in [1.54, 1.807) is 24.3 Å². The standard InChI is InChI=1S/C9H5N5O2/c1-10-7-3-2-4-8(5-7)13-6-11-9(12-13)14(15)16/h2-6H.